The Balaban J connectivity index is 2.13. The number of nitro benzene ring substituents is 1. The number of hydrogen-bond acceptors (Lipinski definition) is 4. The molecule has 5 nitrogen and oxygen atoms in total. The highest BCUT2D eigenvalue weighted by Crippen LogP contribution is 2.22. The summed E-state index contributed by atoms with van der Waals surface area (Å²) in [5.41, 5.74) is 1.09. The number of methoxy groups -OCH3 is 1. The summed E-state index contributed by atoms with van der Waals surface area (Å²) in [6.07, 6.45) is 0. The molecule has 0 N–H and O–H groups in total. The largest absolute Gasteiger partial charge is 0.497 e. The van der Waals surface area contributed by atoms with Gasteiger partial charge in [0.05, 0.1) is 12.0 Å². The fourth-order valence-corrected chi connectivity index (χ4v) is 2.00. The van der Waals surface area contributed by atoms with Crippen LogP contribution in [0.3, 0.4) is 0 Å². The van der Waals surface area contributed by atoms with Crippen molar-refractivity contribution in [3.63, 3.8) is 0 Å². The number of anilines is 1. The van der Waals surface area contributed by atoms with Gasteiger partial charge in [-0.3, -0.25) is 10.1 Å². The minimum Gasteiger partial charge on any atom is -0.497 e. The van der Waals surface area contributed by atoms with Crippen LogP contribution in [-0.2, 0) is 6.54 Å². The van der Waals surface area contributed by atoms with E-state index in [2.05, 4.69) is 0 Å². The zero-order chi connectivity index (χ0) is 15.4. The third kappa shape index (κ3) is 3.47. The summed E-state index contributed by atoms with van der Waals surface area (Å²) in [4.78, 5) is 11.8. The lowest BCUT2D eigenvalue weighted by atomic mass is 10.1. The highest BCUT2D eigenvalue weighted by molar-refractivity contribution is 5.49. The van der Waals surface area contributed by atoms with E-state index in [9.17, 15) is 14.5 Å². The van der Waals surface area contributed by atoms with Gasteiger partial charge in [0.15, 0.2) is 0 Å². The minimum absolute atomic E-state index is 0.446. The molecule has 110 valence electrons. The average Bonchev–Trinajstić information content (AvgIpc) is 2.47. The Morgan fingerprint density at radius 1 is 1.24 bits per heavy atom. The van der Waals surface area contributed by atoms with E-state index in [0.717, 1.165) is 11.4 Å². The van der Waals surface area contributed by atoms with Crippen molar-refractivity contribution in [1.29, 1.82) is 0 Å². The molecule has 2 aromatic carbocycles. The van der Waals surface area contributed by atoms with Gasteiger partial charge < -0.3 is 9.64 Å². The summed E-state index contributed by atoms with van der Waals surface area (Å²) in [6, 6.07) is 11.4. The summed E-state index contributed by atoms with van der Waals surface area (Å²) in [5, 5.41) is 10.6. The van der Waals surface area contributed by atoms with Crippen LogP contribution in [0.1, 0.15) is 5.56 Å². The molecule has 0 atom stereocenters. The van der Waals surface area contributed by atoms with E-state index in [0.29, 0.717) is 12.1 Å². The van der Waals surface area contributed by atoms with Crippen molar-refractivity contribution >= 4 is 11.4 Å². The molecule has 6 heteroatoms. The molecule has 2 rings (SSSR count). The second-order valence-corrected chi connectivity index (χ2v) is 4.60. The van der Waals surface area contributed by atoms with Crippen molar-refractivity contribution in [3.05, 3.63) is 64.0 Å². The molecular weight excluding hydrogens is 275 g/mol. The fraction of sp³-hybridized carbons (Fsp3) is 0.200. The van der Waals surface area contributed by atoms with Crippen molar-refractivity contribution in [2.45, 2.75) is 6.54 Å². The third-order valence-electron chi connectivity index (χ3n) is 3.14. The smallest absolute Gasteiger partial charge is 0.304 e. The highest BCUT2D eigenvalue weighted by Gasteiger charge is 2.14. The van der Waals surface area contributed by atoms with Gasteiger partial charge in [0.25, 0.3) is 0 Å². The van der Waals surface area contributed by atoms with Crippen LogP contribution < -0.4 is 9.64 Å². The molecule has 0 fully saturated rings. The van der Waals surface area contributed by atoms with Crippen LogP contribution in [0.4, 0.5) is 15.8 Å². The van der Waals surface area contributed by atoms with E-state index in [1.54, 1.807) is 13.2 Å². The van der Waals surface area contributed by atoms with Crippen LogP contribution in [0.25, 0.3) is 0 Å². The monoisotopic (exact) mass is 290 g/mol. The summed E-state index contributed by atoms with van der Waals surface area (Å²) >= 11 is 0. The highest BCUT2D eigenvalue weighted by atomic mass is 19.1. The standard InChI is InChI=1S/C15H15FN2O3/c1-17(12-4-6-13(21-2)7-5-12)10-11-3-8-15(18(19)20)14(16)9-11/h3-9H,10H2,1-2H3. The van der Waals surface area contributed by atoms with Crippen molar-refractivity contribution in [1.82, 2.24) is 0 Å². The molecular formula is C15H15FN2O3. The van der Waals surface area contributed by atoms with Crippen molar-refractivity contribution in [2.24, 2.45) is 0 Å². The van der Waals surface area contributed by atoms with E-state index in [-0.39, 0.29) is 0 Å². The molecule has 0 aliphatic carbocycles. The Labute approximate surface area is 121 Å². The predicted octanol–water partition coefficient (Wildman–Crippen LogP) is 3.38. The molecule has 0 aliphatic heterocycles. The van der Waals surface area contributed by atoms with Crippen LogP contribution in [0.15, 0.2) is 42.5 Å². The van der Waals surface area contributed by atoms with Gasteiger partial charge in [0.2, 0.25) is 5.82 Å². The Morgan fingerprint density at radius 3 is 2.43 bits per heavy atom. The number of rotatable bonds is 5. The van der Waals surface area contributed by atoms with E-state index in [1.807, 2.05) is 36.2 Å². The van der Waals surface area contributed by atoms with Gasteiger partial charge in [-0.25, -0.2) is 0 Å². The first-order valence-electron chi connectivity index (χ1n) is 6.29. The third-order valence-corrected chi connectivity index (χ3v) is 3.14. The van der Waals surface area contributed by atoms with Crippen LogP contribution in [-0.4, -0.2) is 19.1 Å². The van der Waals surface area contributed by atoms with Gasteiger partial charge in [0, 0.05) is 25.3 Å². The lowest BCUT2D eigenvalue weighted by molar-refractivity contribution is -0.387. The van der Waals surface area contributed by atoms with Crippen LogP contribution >= 0.6 is 0 Å². The van der Waals surface area contributed by atoms with Gasteiger partial charge in [-0.15, -0.1) is 0 Å². The van der Waals surface area contributed by atoms with E-state index in [1.165, 1.54) is 12.1 Å². The summed E-state index contributed by atoms with van der Waals surface area (Å²) in [6.45, 7) is 0.446. The Morgan fingerprint density at radius 2 is 1.90 bits per heavy atom. The lowest BCUT2D eigenvalue weighted by Gasteiger charge is -2.19. The molecule has 0 unspecified atom stereocenters. The number of halogens is 1. The predicted molar refractivity (Wildman–Crippen MR) is 78.2 cm³/mol. The number of ether oxygens (including phenoxy) is 1. The zero-order valence-electron chi connectivity index (χ0n) is 11.7. The van der Waals surface area contributed by atoms with E-state index < -0.39 is 16.4 Å². The SMILES string of the molecule is COc1ccc(N(C)Cc2ccc([N+](=O)[O-])c(F)c2)cc1. The van der Waals surface area contributed by atoms with Gasteiger partial charge in [0.1, 0.15) is 5.75 Å². The minimum atomic E-state index is -0.819. The first kappa shape index (κ1) is 14.8. The van der Waals surface area contributed by atoms with E-state index >= 15 is 0 Å². The molecule has 2 aromatic rings. The van der Waals surface area contributed by atoms with Gasteiger partial charge >= 0.3 is 5.69 Å². The first-order valence-corrected chi connectivity index (χ1v) is 6.29. The number of hydrogen-bond donors (Lipinski definition) is 0. The van der Waals surface area contributed by atoms with Crippen molar-refractivity contribution in [2.75, 3.05) is 19.1 Å². The Hall–Kier alpha value is -2.63. The maximum absolute atomic E-state index is 13.6. The molecule has 0 bridgehead atoms. The van der Waals surface area contributed by atoms with Crippen LogP contribution in [0, 0.1) is 15.9 Å². The number of nitrogens with zero attached hydrogens (tertiary/aromatic N) is 2. The normalized spacial score (nSPS) is 10.2. The number of nitro groups is 1. The van der Waals surface area contributed by atoms with Crippen molar-refractivity contribution < 1.29 is 14.1 Å². The van der Waals surface area contributed by atoms with Gasteiger partial charge in [-0.1, -0.05) is 6.07 Å². The molecule has 0 radical (unpaired) electrons. The van der Waals surface area contributed by atoms with Gasteiger partial charge in [-0.05, 0) is 35.9 Å². The molecule has 0 saturated carbocycles. The Bertz CT molecular complexity index is 644. The summed E-state index contributed by atoms with van der Waals surface area (Å²) in [7, 11) is 3.46. The number of benzene rings is 2. The quantitative estimate of drug-likeness (QED) is 0.625. The fourth-order valence-electron chi connectivity index (χ4n) is 2.00. The topological polar surface area (TPSA) is 55.6 Å². The molecule has 0 heterocycles. The van der Waals surface area contributed by atoms with Crippen LogP contribution in [0.5, 0.6) is 5.75 Å². The molecule has 21 heavy (non-hydrogen) atoms. The zero-order valence-corrected chi connectivity index (χ0v) is 11.7. The second-order valence-electron chi connectivity index (χ2n) is 4.60. The van der Waals surface area contributed by atoms with E-state index in [4.69, 9.17) is 4.74 Å². The molecule has 0 saturated heterocycles. The lowest BCUT2D eigenvalue weighted by Crippen LogP contribution is -2.16. The Kier molecular flexibility index (Phi) is 4.37. The van der Waals surface area contributed by atoms with Crippen molar-refractivity contribution in [3.8, 4) is 5.75 Å². The molecule has 0 aliphatic rings. The molecule has 0 aromatic heterocycles. The second kappa shape index (κ2) is 6.21. The average molecular weight is 290 g/mol. The maximum atomic E-state index is 13.6. The molecule has 0 spiro atoms. The maximum Gasteiger partial charge on any atom is 0.304 e. The summed E-state index contributed by atoms with van der Waals surface area (Å²) in [5.74, 6) is -0.0610. The molecule has 0 amide bonds. The van der Waals surface area contributed by atoms with Gasteiger partial charge in [-0.2, -0.15) is 4.39 Å². The summed E-state index contributed by atoms with van der Waals surface area (Å²) < 4.78 is 18.7. The van der Waals surface area contributed by atoms with Crippen LogP contribution in [0.2, 0.25) is 0 Å². The first-order chi connectivity index (χ1) is 10.0.